The minimum Gasteiger partial charge on any atom is -0.308 e. The third-order valence-electron chi connectivity index (χ3n) is 2.74. The lowest BCUT2D eigenvalue weighted by Gasteiger charge is -2.27. The summed E-state index contributed by atoms with van der Waals surface area (Å²) in [5.41, 5.74) is 0.589. The SMILES string of the molecule is [2H]C(NCCCC)(c1ccccc1)P(=O)(OCC)OCC. The summed E-state index contributed by atoms with van der Waals surface area (Å²) in [6.07, 6.45) is 1.89. The summed E-state index contributed by atoms with van der Waals surface area (Å²) in [4.78, 5) is 0. The summed E-state index contributed by atoms with van der Waals surface area (Å²) < 4.78 is 32.7. The molecule has 0 aliphatic rings. The fourth-order valence-corrected chi connectivity index (χ4v) is 3.63. The van der Waals surface area contributed by atoms with Crippen LogP contribution in [-0.4, -0.2) is 19.8 Å². The molecule has 4 nitrogen and oxygen atoms in total. The quantitative estimate of drug-likeness (QED) is 0.516. The molecule has 0 bridgehead atoms. The van der Waals surface area contributed by atoms with Crippen molar-refractivity contribution < 1.29 is 15.0 Å². The van der Waals surface area contributed by atoms with E-state index >= 15 is 0 Å². The Morgan fingerprint density at radius 1 is 1.20 bits per heavy atom. The lowest BCUT2D eigenvalue weighted by Crippen LogP contribution is -2.24. The van der Waals surface area contributed by atoms with Gasteiger partial charge in [-0.15, -0.1) is 0 Å². The van der Waals surface area contributed by atoms with Gasteiger partial charge >= 0.3 is 7.60 Å². The van der Waals surface area contributed by atoms with Gasteiger partial charge in [-0.3, -0.25) is 9.88 Å². The third kappa shape index (κ3) is 5.02. The van der Waals surface area contributed by atoms with Gasteiger partial charge in [0.25, 0.3) is 0 Å². The molecule has 0 fully saturated rings. The Hall–Kier alpha value is -0.670. The standard InChI is InChI=1S/C15H26NO3P/c1-4-7-13-16-15(14-11-9-8-10-12-14)20(17,18-5-2)19-6-3/h8-12,15-16H,4-7,13H2,1-3H3/i15D. The van der Waals surface area contributed by atoms with Gasteiger partial charge < -0.3 is 9.05 Å². The Kier molecular flexibility index (Phi) is 7.31. The van der Waals surface area contributed by atoms with Crippen LogP contribution >= 0.6 is 7.60 Å². The summed E-state index contributed by atoms with van der Waals surface area (Å²) in [6, 6.07) is 9.06. The van der Waals surface area contributed by atoms with Crippen molar-refractivity contribution >= 4 is 7.60 Å². The fraction of sp³-hybridized carbons (Fsp3) is 0.600. The molecule has 0 aliphatic heterocycles. The van der Waals surface area contributed by atoms with E-state index in [2.05, 4.69) is 12.2 Å². The number of hydrogen-bond donors (Lipinski definition) is 1. The highest BCUT2D eigenvalue weighted by Gasteiger charge is 2.36. The third-order valence-corrected chi connectivity index (χ3v) is 4.90. The summed E-state index contributed by atoms with van der Waals surface area (Å²) in [6.45, 7) is 6.63. The van der Waals surface area contributed by atoms with Gasteiger partial charge in [-0.25, -0.2) is 0 Å². The molecule has 1 atom stereocenters. The summed E-state index contributed by atoms with van der Waals surface area (Å²) in [7, 11) is -3.65. The van der Waals surface area contributed by atoms with Crippen molar-refractivity contribution in [1.82, 2.24) is 5.32 Å². The number of benzene rings is 1. The topological polar surface area (TPSA) is 47.6 Å². The van der Waals surface area contributed by atoms with Gasteiger partial charge in [0, 0.05) is 0 Å². The summed E-state index contributed by atoms with van der Waals surface area (Å²) >= 11 is 0. The zero-order valence-electron chi connectivity index (χ0n) is 13.6. The first kappa shape index (κ1) is 15.7. The van der Waals surface area contributed by atoms with Crippen molar-refractivity contribution in [2.45, 2.75) is 39.4 Å². The van der Waals surface area contributed by atoms with E-state index in [-0.39, 0.29) is 13.2 Å². The fourth-order valence-electron chi connectivity index (χ4n) is 1.84. The molecule has 1 N–H and O–H groups in total. The largest absolute Gasteiger partial charge is 0.351 e. The highest BCUT2D eigenvalue weighted by atomic mass is 31.2. The van der Waals surface area contributed by atoms with Crippen molar-refractivity contribution in [2.24, 2.45) is 0 Å². The first-order chi connectivity index (χ1) is 10.0. The summed E-state index contributed by atoms with van der Waals surface area (Å²) in [5.74, 6) is -1.59. The molecular formula is C15H26NO3P. The van der Waals surface area contributed by atoms with Gasteiger partial charge in [-0.1, -0.05) is 43.7 Å². The molecule has 0 aromatic heterocycles. The number of unbranched alkanes of at least 4 members (excludes halogenated alkanes) is 1. The monoisotopic (exact) mass is 300 g/mol. The van der Waals surface area contributed by atoms with E-state index < -0.39 is 13.4 Å². The maximum atomic E-state index is 13.1. The zero-order chi connectivity index (χ0) is 15.8. The Bertz CT molecular complexity index is 447. The number of hydrogen-bond acceptors (Lipinski definition) is 4. The van der Waals surface area contributed by atoms with Crippen LogP contribution in [0.2, 0.25) is 0 Å². The van der Waals surface area contributed by atoms with Crippen LogP contribution in [0.3, 0.4) is 0 Å². The van der Waals surface area contributed by atoms with Crippen molar-refractivity contribution in [3.05, 3.63) is 35.9 Å². The second-order valence-corrected chi connectivity index (χ2v) is 6.29. The molecule has 0 saturated heterocycles. The first-order valence-corrected chi connectivity index (χ1v) is 8.78. The second-order valence-electron chi connectivity index (χ2n) is 4.33. The van der Waals surface area contributed by atoms with Crippen LogP contribution in [0.1, 0.15) is 46.3 Å². The van der Waals surface area contributed by atoms with Gasteiger partial charge in [0.1, 0.15) is 5.76 Å². The first-order valence-electron chi connectivity index (χ1n) is 7.73. The van der Waals surface area contributed by atoms with Crippen LogP contribution in [0, 0.1) is 0 Å². The maximum absolute atomic E-state index is 13.1. The van der Waals surface area contributed by atoms with E-state index in [9.17, 15) is 4.57 Å². The normalized spacial score (nSPS) is 15.7. The van der Waals surface area contributed by atoms with E-state index in [1.165, 1.54) is 0 Å². The smallest absolute Gasteiger partial charge is 0.308 e. The van der Waals surface area contributed by atoms with Crippen molar-refractivity contribution in [3.63, 3.8) is 0 Å². The highest BCUT2D eigenvalue weighted by Crippen LogP contribution is 2.59. The number of nitrogens with one attached hydrogen (secondary N) is 1. The second kappa shape index (κ2) is 9.30. The molecule has 114 valence electrons. The van der Waals surface area contributed by atoms with E-state index in [1.54, 1.807) is 26.0 Å². The lowest BCUT2D eigenvalue weighted by molar-refractivity contribution is 0.207. The molecule has 20 heavy (non-hydrogen) atoms. The van der Waals surface area contributed by atoms with Crippen LogP contribution in [-0.2, 0) is 13.6 Å². The van der Waals surface area contributed by atoms with Gasteiger partial charge in [0.2, 0.25) is 0 Å². The van der Waals surface area contributed by atoms with Gasteiger partial charge in [-0.05, 0) is 32.4 Å². The van der Waals surface area contributed by atoms with Crippen LogP contribution in [0.15, 0.2) is 30.3 Å². The molecule has 1 unspecified atom stereocenters. The lowest BCUT2D eigenvalue weighted by atomic mass is 10.2. The van der Waals surface area contributed by atoms with Crippen LogP contribution in [0.4, 0.5) is 0 Å². The van der Waals surface area contributed by atoms with E-state index in [1.807, 2.05) is 18.2 Å². The van der Waals surface area contributed by atoms with Crippen molar-refractivity contribution in [1.29, 1.82) is 0 Å². The van der Waals surface area contributed by atoms with Crippen molar-refractivity contribution in [2.75, 3.05) is 19.8 Å². The molecular weight excluding hydrogens is 273 g/mol. The predicted molar refractivity (Wildman–Crippen MR) is 83.0 cm³/mol. The Labute approximate surface area is 123 Å². The molecule has 0 radical (unpaired) electrons. The molecule has 1 aromatic rings. The van der Waals surface area contributed by atoms with Crippen molar-refractivity contribution in [3.8, 4) is 0 Å². The average Bonchev–Trinajstić information content (AvgIpc) is 2.48. The molecule has 0 aliphatic carbocycles. The van der Waals surface area contributed by atoms with Crippen LogP contribution in [0.5, 0.6) is 0 Å². The van der Waals surface area contributed by atoms with Crippen LogP contribution < -0.4 is 5.32 Å². The Morgan fingerprint density at radius 2 is 1.80 bits per heavy atom. The average molecular weight is 300 g/mol. The van der Waals surface area contributed by atoms with Crippen LogP contribution in [0.25, 0.3) is 0 Å². The molecule has 1 aromatic carbocycles. The number of rotatable bonds is 10. The van der Waals surface area contributed by atoms with E-state index in [0.717, 1.165) is 12.8 Å². The van der Waals surface area contributed by atoms with Gasteiger partial charge in [0.05, 0.1) is 14.6 Å². The predicted octanol–water partition coefficient (Wildman–Crippen LogP) is 4.34. The molecule has 5 heteroatoms. The van der Waals surface area contributed by atoms with Gasteiger partial charge in [0.15, 0.2) is 0 Å². The Morgan fingerprint density at radius 3 is 2.30 bits per heavy atom. The minimum atomic E-state index is -3.65. The van der Waals surface area contributed by atoms with E-state index in [0.29, 0.717) is 12.1 Å². The molecule has 0 amide bonds. The molecule has 1 rings (SSSR count). The Balaban J connectivity index is 3.18. The molecule has 0 heterocycles. The highest BCUT2D eigenvalue weighted by molar-refractivity contribution is 7.54. The maximum Gasteiger partial charge on any atom is 0.351 e. The van der Waals surface area contributed by atoms with Gasteiger partial charge in [-0.2, -0.15) is 0 Å². The van der Waals surface area contributed by atoms with E-state index in [4.69, 9.17) is 10.4 Å². The summed E-state index contributed by atoms with van der Waals surface area (Å²) in [5, 5.41) is 3.08. The molecule has 0 spiro atoms. The zero-order valence-corrected chi connectivity index (χ0v) is 13.5. The molecule has 0 saturated carbocycles. The minimum absolute atomic E-state index is 0.236.